The lowest BCUT2D eigenvalue weighted by Crippen LogP contribution is -2.40. The van der Waals surface area contributed by atoms with E-state index in [1.165, 1.54) is 5.32 Å². The lowest BCUT2D eigenvalue weighted by atomic mass is 10.3. The third-order valence-corrected chi connectivity index (χ3v) is 0.797. The van der Waals surface area contributed by atoms with Crippen molar-refractivity contribution in [3.8, 4) is 0 Å². The van der Waals surface area contributed by atoms with Crippen LogP contribution in [0.25, 0.3) is 0 Å². The zero-order valence-corrected chi connectivity index (χ0v) is 5.10. The molecule has 0 rings (SSSR count). The van der Waals surface area contributed by atoms with Crippen molar-refractivity contribution >= 4 is 6.09 Å². The van der Waals surface area contributed by atoms with Gasteiger partial charge in [0.25, 0.3) is 5.92 Å². The van der Waals surface area contributed by atoms with Crippen molar-refractivity contribution in [2.45, 2.75) is 5.92 Å². The Morgan fingerprint density at radius 3 is 2.50 bits per heavy atom. The number of nitrogens with one attached hydrogen (secondary N) is 1. The number of nitrogens with two attached hydrogens (primary N) is 1. The molecule has 0 bridgehead atoms. The molecule has 6 heteroatoms. The summed E-state index contributed by atoms with van der Waals surface area (Å²) in [7, 11) is 0. The first-order chi connectivity index (χ1) is 4.48. The van der Waals surface area contributed by atoms with E-state index in [2.05, 4.69) is 5.73 Å². The molecule has 0 aliphatic heterocycles. The van der Waals surface area contributed by atoms with Gasteiger partial charge in [0, 0.05) is 0 Å². The molecule has 0 aromatic rings. The van der Waals surface area contributed by atoms with E-state index >= 15 is 0 Å². The highest BCUT2D eigenvalue weighted by Crippen LogP contribution is 2.07. The SMILES string of the molecule is NCC(F)(F)CNC(=O)O. The Labute approximate surface area is 56.0 Å². The Kier molecular flexibility index (Phi) is 3.01. The molecule has 0 fully saturated rings. The number of alkyl halides is 2. The highest BCUT2D eigenvalue weighted by molar-refractivity contribution is 5.64. The molecule has 0 saturated heterocycles. The van der Waals surface area contributed by atoms with Crippen molar-refractivity contribution in [2.24, 2.45) is 5.73 Å². The summed E-state index contributed by atoms with van der Waals surface area (Å²) in [5.41, 5.74) is 4.61. The lowest BCUT2D eigenvalue weighted by molar-refractivity contribution is 0.0125. The molecule has 0 aliphatic rings. The standard InChI is InChI=1S/C4H8F2N2O2/c5-4(6,1-7)2-8-3(9)10/h8H,1-2,7H2,(H,9,10). The molecular formula is C4H8F2N2O2. The molecule has 60 valence electrons. The van der Waals surface area contributed by atoms with E-state index in [0.29, 0.717) is 0 Å². The third-order valence-electron chi connectivity index (χ3n) is 0.797. The molecule has 4 N–H and O–H groups in total. The van der Waals surface area contributed by atoms with Gasteiger partial charge in [0.15, 0.2) is 0 Å². The summed E-state index contributed by atoms with van der Waals surface area (Å²) in [6.45, 7) is -1.79. The fourth-order valence-electron chi connectivity index (χ4n) is 0.277. The molecule has 0 spiro atoms. The summed E-state index contributed by atoms with van der Waals surface area (Å²) in [5.74, 6) is -3.14. The van der Waals surface area contributed by atoms with Crippen molar-refractivity contribution < 1.29 is 18.7 Å². The Balaban J connectivity index is 3.56. The summed E-state index contributed by atoms with van der Waals surface area (Å²) in [4.78, 5) is 9.68. The van der Waals surface area contributed by atoms with Crippen LogP contribution in [-0.4, -0.2) is 30.2 Å². The zero-order chi connectivity index (χ0) is 8.20. The Bertz CT molecular complexity index is 128. The first-order valence-electron chi connectivity index (χ1n) is 2.52. The summed E-state index contributed by atoms with van der Waals surface area (Å²) >= 11 is 0. The summed E-state index contributed by atoms with van der Waals surface area (Å²) in [6.07, 6.45) is -1.48. The van der Waals surface area contributed by atoms with E-state index in [9.17, 15) is 13.6 Å². The maximum Gasteiger partial charge on any atom is 0.404 e. The van der Waals surface area contributed by atoms with Gasteiger partial charge in [-0.15, -0.1) is 0 Å². The minimum atomic E-state index is -3.14. The first kappa shape index (κ1) is 9.09. The van der Waals surface area contributed by atoms with Crippen LogP contribution >= 0.6 is 0 Å². The topological polar surface area (TPSA) is 75.3 Å². The van der Waals surface area contributed by atoms with Gasteiger partial charge in [-0.25, -0.2) is 13.6 Å². The molecular weight excluding hydrogens is 146 g/mol. The minimum Gasteiger partial charge on any atom is -0.465 e. The summed E-state index contributed by atoms with van der Waals surface area (Å²) in [6, 6.07) is 0. The second-order valence-electron chi connectivity index (χ2n) is 1.72. The third kappa shape index (κ3) is 4.02. The van der Waals surface area contributed by atoms with Crippen molar-refractivity contribution in [2.75, 3.05) is 13.1 Å². The number of hydrogen-bond donors (Lipinski definition) is 3. The lowest BCUT2D eigenvalue weighted by Gasteiger charge is -2.12. The molecule has 0 saturated carbocycles. The Morgan fingerprint density at radius 2 is 2.20 bits per heavy atom. The molecule has 0 unspecified atom stereocenters. The molecule has 0 aromatic carbocycles. The average Bonchev–Trinajstić information content (AvgIpc) is 1.85. The van der Waals surface area contributed by atoms with Crippen LogP contribution in [0.5, 0.6) is 0 Å². The molecule has 10 heavy (non-hydrogen) atoms. The monoisotopic (exact) mass is 154 g/mol. The molecule has 0 aromatic heterocycles. The van der Waals surface area contributed by atoms with Crippen molar-refractivity contribution in [1.82, 2.24) is 5.32 Å². The Morgan fingerprint density at radius 1 is 1.70 bits per heavy atom. The highest BCUT2D eigenvalue weighted by Gasteiger charge is 2.26. The second kappa shape index (κ2) is 3.31. The first-order valence-corrected chi connectivity index (χ1v) is 2.52. The van der Waals surface area contributed by atoms with Gasteiger partial charge in [0.2, 0.25) is 0 Å². The quantitative estimate of drug-likeness (QED) is 0.529. The van der Waals surface area contributed by atoms with Gasteiger partial charge in [-0.2, -0.15) is 0 Å². The van der Waals surface area contributed by atoms with Crippen LogP contribution in [-0.2, 0) is 0 Å². The smallest absolute Gasteiger partial charge is 0.404 e. The fraction of sp³-hybridized carbons (Fsp3) is 0.750. The number of amides is 1. The Hall–Kier alpha value is -0.910. The minimum absolute atomic E-state index is 0.854. The van der Waals surface area contributed by atoms with Crippen LogP contribution < -0.4 is 11.1 Å². The molecule has 0 atom stereocenters. The van der Waals surface area contributed by atoms with Crippen molar-refractivity contribution in [3.05, 3.63) is 0 Å². The van der Waals surface area contributed by atoms with E-state index in [4.69, 9.17) is 5.11 Å². The van der Waals surface area contributed by atoms with Crippen LogP contribution in [0.15, 0.2) is 0 Å². The van der Waals surface area contributed by atoms with Crippen molar-refractivity contribution in [3.63, 3.8) is 0 Å². The number of rotatable bonds is 3. The predicted molar refractivity (Wildman–Crippen MR) is 30.0 cm³/mol. The van der Waals surface area contributed by atoms with E-state index in [1.54, 1.807) is 0 Å². The van der Waals surface area contributed by atoms with Gasteiger partial charge in [-0.1, -0.05) is 0 Å². The fourth-order valence-corrected chi connectivity index (χ4v) is 0.277. The number of hydrogen-bond acceptors (Lipinski definition) is 2. The van der Waals surface area contributed by atoms with Crippen LogP contribution in [0.4, 0.5) is 13.6 Å². The zero-order valence-electron chi connectivity index (χ0n) is 5.10. The number of carbonyl (C=O) groups is 1. The van der Waals surface area contributed by atoms with Gasteiger partial charge in [0.05, 0.1) is 13.1 Å². The van der Waals surface area contributed by atoms with Crippen LogP contribution in [0.2, 0.25) is 0 Å². The van der Waals surface area contributed by atoms with E-state index in [-0.39, 0.29) is 0 Å². The normalized spacial score (nSPS) is 11.1. The summed E-state index contributed by atoms with van der Waals surface area (Å²) in [5, 5.41) is 9.41. The van der Waals surface area contributed by atoms with Gasteiger partial charge in [-0.3, -0.25) is 0 Å². The average molecular weight is 154 g/mol. The maximum absolute atomic E-state index is 12.1. The number of halogens is 2. The largest absolute Gasteiger partial charge is 0.465 e. The van der Waals surface area contributed by atoms with Gasteiger partial charge in [0.1, 0.15) is 0 Å². The predicted octanol–water partition coefficient (Wildman–Crippen LogP) is -0.152. The molecule has 0 radical (unpaired) electrons. The molecule has 4 nitrogen and oxygen atoms in total. The molecule has 0 heterocycles. The molecule has 0 aliphatic carbocycles. The van der Waals surface area contributed by atoms with Gasteiger partial charge >= 0.3 is 6.09 Å². The van der Waals surface area contributed by atoms with E-state index < -0.39 is 25.1 Å². The van der Waals surface area contributed by atoms with Gasteiger partial charge in [-0.05, 0) is 0 Å². The highest BCUT2D eigenvalue weighted by atomic mass is 19.3. The van der Waals surface area contributed by atoms with Gasteiger partial charge < -0.3 is 16.2 Å². The van der Waals surface area contributed by atoms with Crippen molar-refractivity contribution in [1.29, 1.82) is 0 Å². The number of carboxylic acid groups (broad SMARTS) is 1. The van der Waals surface area contributed by atoms with Crippen LogP contribution in [0.1, 0.15) is 0 Å². The maximum atomic E-state index is 12.1. The van der Waals surface area contributed by atoms with E-state index in [0.717, 1.165) is 0 Å². The van der Waals surface area contributed by atoms with E-state index in [1.807, 2.05) is 0 Å². The van der Waals surface area contributed by atoms with Crippen LogP contribution in [0.3, 0.4) is 0 Å². The molecule has 1 amide bonds. The second-order valence-corrected chi connectivity index (χ2v) is 1.72. The van der Waals surface area contributed by atoms with Crippen LogP contribution in [0, 0.1) is 0 Å². The summed E-state index contributed by atoms with van der Waals surface area (Å²) < 4.78 is 24.1.